The van der Waals surface area contributed by atoms with E-state index in [2.05, 4.69) is 13.2 Å². The Bertz CT molecular complexity index is 3810. The van der Waals surface area contributed by atoms with Crippen molar-refractivity contribution in [3.63, 3.8) is 0 Å². The fraction of sp³-hybridized carbons (Fsp3) is 0.183. The minimum Gasteiger partial charge on any atom is -0.665 e. The van der Waals surface area contributed by atoms with E-state index in [9.17, 15) is 0 Å². The minimum atomic E-state index is -3.83. The average Bonchev–Trinajstić information content (AvgIpc) is 3.21. The molecule has 9 aromatic rings. The van der Waals surface area contributed by atoms with Gasteiger partial charge in [-0.2, -0.15) is 7.11 Å². The molecule has 2 aromatic heterocycles. The SMILES string of the molecule is [2H]c1c([2H])c(C(C([2H])([2H])[2H])(C([2H])([2H])[2H])C([2H])([2H])[2H])c([2H])c([2H])c1-c1ccnc(-c2[c-]c(-c3cccc4c3nc(-c3cc(C)cc(C)c3O[CH2-])n4-c3cc(-c4ccccc4)c(C([2H])([2H])[2H])cc3-c3ccccc3)cc(C(C)(C)C)c2)c1.[Pt+2]. The van der Waals surface area contributed by atoms with Crippen LogP contribution in [0.3, 0.4) is 0 Å². The van der Waals surface area contributed by atoms with Crippen LogP contribution < -0.4 is 4.74 Å². The molecule has 0 aliphatic carbocycles. The van der Waals surface area contributed by atoms with Crippen LogP contribution in [0.5, 0.6) is 5.75 Å². The molecule has 0 aliphatic rings. The molecule has 0 bridgehead atoms. The molecule has 326 valence electrons. The van der Waals surface area contributed by atoms with Crippen LogP contribution in [0.4, 0.5) is 0 Å². The third kappa shape index (κ3) is 8.90. The van der Waals surface area contributed by atoms with E-state index in [0.717, 1.165) is 22.3 Å². The van der Waals surface area contributed by atoms with Gasteiger partial charge in [-0.1, -0.05) is 162 Å². The number of aromatic nitrogens is 3. The van der Waals surface area contributed by atoms with Gasteiger partial charge >= 0.3 is 21.1 Å². The van der Waals surface area contributed by atoms with Gasteiger partial charge < -0.3 is 4.74 Å². The molecular weight excluding hydrogens is 974 g/mol. The molecule has 0 radical (unpaired) electrons. The molecule has 65 heavy (non-hydrogen) atoms. The molecule has 5 heteroatoms. The first kappa shape index (κ1) is 29.2. The number of rotatable bonds is 8. The Balaban J connectivity index is 0.00000860. The van der Waals surface area contributed by atoms with Gasteiger partial charge in [0.25, 0.3) is 0 Å². The molecule has 0 N–H and O–H groups in total. The molecule has 0 unspecified atom stereocenters. The van der Waals surface area contributed by atoms with Crippen molar-refractivity contribution in [1.82, 2.24) is 14.5 Å². The molecule has 9 rings (SSSR count). The maximum atomic E-state index is 9.15. The Kier molecular flexibility index (Phi) is 8.05. The Morgan fingerprint density at radius 2 is 1.32 bits per heavy atom. The number of hydrogen-bond acceptors (Lipinski definition) is 3. The molecule has 0 fully saturated rings. The maximum absolute atomic E-state index is 9.15. The number of aryl methyl sites for hydroxylation is 3. The van der Waals surface area contributed by atoms with E-state index in [0.29, 0.717) is 67.2 Å². The summed E-state index contributed by atoms with van der Waals surface area (Å²) >= 11 is 0. The van der Waals surface area contributed by atoms with E-state index in [1.165, 1.54) is 18.3 Å². The molecule has 0 saturated heterocycles. The summed E-state index contributed by atoms with van der Waals surface area (Å²) in [5, 5.41) is 0. The van der Waals surface area contributed by atoms with E-state index in [1.54, 1.807) is 6.07 Å². The van der Waals surface area contributed by atoms with Gasteiger partial charge in [-0.25, -0.2) is 4.98 Å². The standard InChI is InChI=1S/C60H55N3O.Pt/c1-38-30-40(3)57(64-10)52(31-38)58-62-56-49(22-17-23-54(56)63(58)55-37-50(42-18-13-11-14-19-42)39(2)32-51(55)43-20-15-12-16-21-43)45-33-46(35-48(34-45)60(7,8)9)53-36-44(28-29-61-53)41-24-26-47(27-25-41)59(4,5)6;/h11-32,34-37H,10H2,1-9H3;/q-2;+2/i2D3,4D3,5D3,6D3,24D,25D,26D,27D;. The molecule has 2 heterocycles. The van der Waals surface area contributed by atoms with E-state index >= 15 is 0 Å². The Hall–Kier alpha value is -6.35. The summed E-state index contributed by atoms with van der Waals surface area (Å²) in [6.07, 6.45) is 1.39. The van der Waals surface area contributed by atoms with E-state index < -0.39 is 68.0 Å². The molecule has 0 spiro atoms. The number of nitrogens with zero attached hydrogens (tertiary/aromatic N) is 3. The second-order valence-corrected chi connectivity index (χ2v) is 17.1. The number of fused-ring (bicyclic) bond motifs is 1. The van der Waals surface area contributed by atoms with Crippen LogP contribution in [0.15, 0.2) is 158 Å². The second kappa shape index (κ2) is 17.9. The topological polar surface area (TPSA) is 39.9 Å². The largest absolute Gasteiger partial charge is 2.00 e. The fourth-order valence-corrected chi connectivity index (χ4v) is 8.20. The maximum Gasteiger partial charge on any atom is 2.00 e. The predicted octanol–water partition coefficient (Wildman–Crippen LogP) is 15.9. The molecule has 0 saturated carbocycles. The van der Waals surface area contributed by atoms with Gasteiger partial charge in [-0.3, -0.25) is 9.55 Å². The van der Waals surface area contributed by atoms with Crippen molar-refractivity contribution in [3.05, 3.63) is 199 Å². The summed E-state index contributed by atoms with van der Waals surface area (Å²) in [4.78, 5) is 10.2. The van der Waals surface area contributed by atoms with Crippen LogP contribution in [-0.2, 0) is 31.9 Å². The molecular formula is C60H55N3OPt. The third-order valence-corrected chi connectivity index (χ3v) is 11.4. The van der Waals surface area contributed by atoms with Crippen LogP contribution >= 0.6 is 0 Å². The molecule has 0 aliphatic heterocycles. The molecule has 7 aromatic carbocycles. The normalized spacial score (nSPS) is 16.1. The number of benzene rings is 7. The van der Waals surface area contributed by atoms with Crippen molar-refractivity contribution in [2.75, 3.05) is 0 Å². The molecule has 0 atom stereocenters. The zero-order valence-corrected chi connectivity index (χ0v) is 38.7. The summed E-state index contributed by atoms with van der Waals surface area (Å²) < 4.78 is 145. The van der Waals surface area contributed by atoms with Crippen LogP contribution in [0.1, 0.15) is 91.1 Å². The summed E-state index contributed by atoms with van der Waals surface area (Å²) in [5.74, 6) is 0.950. The number of para-hydroxylation sites is 1. The van der Waals surface area contributed by atoms with Crippen molar-refractivity contribution in [2.24, 2.45) is 0 Å². The van der Waals surface area contributed by atoms with Crippen molar-refractivity contribution in [3.8, 4) is 78.6 Å². The first-order valence-corrected chi connectivity index (χ1v) is 20.8. The first-order chi connectivity index (χ1) is 37.3. The van der Waals surface area contributed by atoms with Gasteiger partial charge in [0.05, 0.1) is 33.5 Å². The Labute approximate surface area is 422 Å². The van der Waals surface area contributed by atoms with Crippen LogP contribution in [0.2, 0.25) is 0 Å². The van der Waals surface area contributed by atoms with E-state index in [-0.39, 0.29) is 43.4 Å². The second-order valence-electron chi connectivity index (χ2n) is 17.1. The zero-order valence-electron chi connectivity index (χ0n) is 52.5. The number of hydrogen-bond donors (Lipinski definition) is 0. The first-order valence-electron chi connectivity index (χ1n) is 28.8. The molecule has 0 amide bonds. The third-order valence-electron chi connectivity index (χ3n) is 11.4. The van der Waals surface area contributed by atoms with Crippen molar-refractivity contribution < 1.29 is 47.7 Å². The van der Waals surface area contributed by atoms with Crippen LogP contribution in [0, 0.1) is 33.9 Å². The summed E-state index contributed by atoms with van der Waals surface area (Å²) in [7, 11) is 3.85. The van der Waals surface area contributed by atoms with Crippen molar-refractivity contribution >= 4 is 11.0 Å². The Morgan fingerprint density at radius 3 is 1.98 bits per heavy atom. The predicted molar refractivity (Wildman–Crippen MR) is 268 cm³/mol. The van der Waals surface area contributed by atoms with Gasteiger partial charge in [-0.15, -0.1) is 29.3 Å². The summed E-state index contributed by atoms with van der Waals surface area (Å²) in [5.41, 5.74) is 3.95. The number of pyridine rings is 1. The minimum absolute atomic E-state index is 0. The average molecular weight is 1050 g/mol. The van der Waals surface area contributed by atoms with E-state index in [4.69, 9.17) is 36.6 Å². The summed E-state index contributed by atoms with van der Waals surface area (Å²) in [6.45, 7) is -3.99. The van der Waals surface area contributed by atoms with Crippen LogP contribution in [-0.4, -0.2) is 14.5 Å². The number of imidazole rings is 1. The smallest absolute Gasteiger partial charge is 0.665 e. The quantitative estimate of drug-likeness (QED) is 0.142. The van der Waals surface area contributed by atoms with Crippen LogP contribution in [0.25, 0.3) is 83.9 Å². The number of ether oxygens (including phenoxy) is 1. The zero-order chi connectivity index (χ0) is 58.4. The van der Waals surface area contributed by atoms with E-state index in [1.807, 2.05) is 148 Å². The fourth-order valence-electron chi connectivity index (χ4n) is 8.20. The van der Waals surface area contributed by atoms with Gasteiger partial charge in [0, 0.05) is 33.9 Å². The van der Waals surface area contributed by atoms with Gasteiger partial charge in [0.1, 0.15) is 5.82 Å². The van der Waals surface area contributed by atoms with Crippen molar-refractivity contribution in [1.29, 1.82) is 0 Å². The van der Waals surface area contributed by atoms with Crippen molar-refractivity contribution in [2.45, 2.75) is 72.9 Å². The van der Waals surface area contributed by atoms with Gasteiger partial charge in [0.15, 0.2) is 0 Å². The summed E-state index contributed by atoms with van der Waals surface area (Å²) in [6, 6.07) is 38.8. The Morgan fingerprint density at radius 1 is 0.631 bits per heavy atom. The molecule has 4 nitrogen and oxygen atoms in total. The van der Waals surface area contributed by atoms with Gasteiger partial charge in [0.2, 0.25) is 0 Å². The monoisotopic (exact) mass is 1040 g/mol. The van der Waals surface area contributed by atoms with Gasteiger partial charge in [-0.05, 0) is 112 Å².